The smallest absolute Gasteiger partial charge is 0.0239 e. The molecule has 0 aliphatic rings. The highest BCUT2D eigenvalue weighted by Gasteiger charge is 2.01. The molecule has 0 aromatic rings. The van der Waals surface area contributed by atoms with Crippen molar-refractivity contribution >= 4 is 0 Å². The van der Waals surface area contributed by atoms with Gasteiger partial charge in [-0.25, -0.2) is 0 Å². The largest absolute Gasteiger partial charge is 0.0857 e. The van der Waals surface area contributed by atoms with Crippen LogP contribution >= 0.6 is 0 Å². The molecule has 1 atom stereocenters. The number of hydrogen-bond donors (Lipinski definition) is 0. The van der Waals surface area contributed by atoms with Gasteiger partial charge in [0.2, 0.25) is 0 Å². The monoisotopic (exact) mass is 140 g/mol. The van der Waals surface area contributed by atoms with Crippen LogP contribution in [0.5, 0.6) is 0 Å². The van der Waals surface area contributed by atoms with Gasteiger partial charge in [0.15, 0.2) is 0 Å². The Labute approximate surface area is 65.3 Å². The van der Waals surface area contributed by atoms with Crippen molar-refractivity contribution in [3.8, 4) is 0 Å². The molecular formula is C10H20. The number of hydrogen-bond acceptors (Lipinski definition) is 0. The molecule has 1 unspecified atom stereocenters. The van der Waals surface area contributed by atoms with Gasteiger partial charge in [0.25, 0.3) is 0 Å². The van der Waals surface area contributed by atoms with Gasteiger partial charge in [0.1, 0.15) is 0 Å². The van der Waals surface area contributed by atoms with Crippen LogP contribution in [0.15, 0.2) is 12.2 Å². The Bertz CT molecular complexity index is 98.6. The SMILES string of the molecule is CC(C)/C=C\C(C)C(C)C. The summed E-state index contributed by atoms with van der Waals surface area (Å²) in [5.74, 6) is 2.19. The molecule has 0 rings (SSSR count). The zero-order valence-electron chi connectivity index (χ0n) is 7.89. The van der Waals surface area contributed by atoms with E-state index in [2.05, 4.69) is 46.8 Å². The van der Waals surface area contributed by atoms with Gasteiger partial charge in [-0.2, -0.15) is 0 Å². The minimum atomic E-state index is 0.696. The highest BCUT2D eigenvalue weighted by molar-refractivity contribution is 4.89. The van der Waals surface area contributed by atoms with E-state index in [1.54, 1.807) is 0 Å². The van der Waals surface area contributed by atoms with E-state index < -0.39 is 0 Å². The van der Waals surface area contributed by atoms with Gasteiger partial charge in [-0.15, -0.1) is 0 Å². The van der Waals surface area contributed by atoms with E-state index in [1.807, 2.05) is 0 Å². The average molecular weight is 140 g/mol. The van der Waals surface area contributed by atoms with E-state index in [-0.39, 0.29) is 0 Å². The maximum absolute atomic E-state index is 2.31. The molecule has 0 amide bonds. The quantitative estimate of drug-likeness (QED) is 0.526. The third-order valence-electron chi connectivity index (χ3n) is 1.85. The lowest BCUT2D eigenvalue weighted by Gasteiger charge is -2.09. The van der Waals surface area contributed by atoms with Crippen LogP contribution in [0, 0.1) is 17.8 Å². The lowest BCUT2D eigenvalue weighted by Crippen LogP contribution is -1.99. The Kier molecular flexibility index (Phi) is 4.42. The van der Waals surface area contributed by atoms with E-state index in [0.29, 0.717) is 5.92 Å². The lowest BCUT2D eigenvalue weighted by molar-refractivity contribution is 0.501. The van der Waals surface area contributed by atoms with Crippen molar-refractivity contribution in [1.82, 2.24) is 0 Å². The van der Waals surface area contributed by atoms with Crippen LogP contribution in [-0.2, 0) is 0 Å². The molecule has 0 spiro atoms. The van der Waals surface area contributed by atoms with E-state index in [4.69, 9.17) is 0 Å². The first kappa shape index (κ1) is 9.74. The Morgan fingerprint density at radius 3 is 1.60 bits per heavy atom. The van der Waals surface area contributed by atoms with E-state index in [1.165, 1.54) is 0 Å². The third kappa shape index (κ3) is 4.60. The van der Waals surface area contributed by atoms with E-state index in [0.717, 1.165) is 11.8 Å². The number of allylic oxidation sites excluding steroid dienone is 2. The molecule has 0 saturated carbocycles. The van der Waals surface area contributed by atoms with Crippen LogP contribution in [0.1, 0.15) is 34.6 Å². The van der Waals surface area contributed by atoms with E-state index in [9.17, 15) is 0 Å². The highest BCUT2D eigenvalue weighted by atomic mass is 14.1. The second kappa shape index (κ2) is 4.54. The van der Waals surface area contributed by atoms with Gasteiger partial charge in [-0.3, -0.25) is 0 Å². The maximum atomic E-state index is 2.31. The molecule has 0 aliphatic carbocycles. The van der Waals surface area contributed by atoms with Crippen molar-refractivity contribution in [3.05, 3.63) is 12.2 Å². The summed E-state index contributed by atoms with van der Waals surface area (Å²) in [6.45, 7) is 11.2. The Hall–Kier alpha value is -0.260. The first-order valence-electron chi connectivity index (χ1n) is 4.22. The van der Waals surface area contributed by atoms with Crippen LogP contribution in [0.2, 0.25) is 0 Å². The first-order valence-corrected chi connectivity index (χ1v) is 4.22. The highest BCUT2D eigenvalue weighted by Crippen LogP contribution is 2.11. The standard InChI is InChI=1S/C10H20/c1-8(2)6-7-10(5)9(3)4/h6-10H,1-5H3/b7-6-. The molecule has 0 fully saturated rings. The fourth-order valence-electron chi connectivity index (χ4n) is 0.620. The van der Waals surface area contributed by atoms with Crippen molar-refractivity contribution in [1.29, 1.82) is 0 Å². The third-order valence-corrected chi connectivity index (χ3v) is 1.85. The molecule has 60 valence electrons. The maximum Gasteiger partial charge on any atom is -0.0239 e. The van der Waals surface area contributed by atoms with Crippen LogP contribution in [0.4, 0.5) is 0 Å². The first-order chi connectivity index (χ1) is 4.54. The molecule has 0 nitrogen and oxygen atoms in total. The van der Waals surface area contributed by atoms with Crippen molar-refractivity contribution in [2.24, 2.45) is 17.8 Å². The summed E-state index contributed by atoms with van der Waals surface area (Å²) < 4.78 is 0. The minimum absolute atomic E-state index is 0.696. The second-order valence-electron chi connectivity index (χ2n) is 3.73. The molecular weight excluding hydrogens is 120 g/mol. The summed E-state index contributed by atoms with van der Waals surface area (Å²) in [7, 11) is 0. The molecule has 10 heavy (non-hydrogen) atoms. The average Bonchev–Trinajstić information content (AvgIpc) is 1.82. The van der Waals surface area contributed by atoms with Crippen LogP contribution in [-0.4, -0.2) is 0 Å². The second-order valence-corrected chi connectivity index (χ2v) is 3.73. The number of rotatable bonds is 3. The molecule has 0 aliphatic heterocycles. The fraction of sp³-hybridized carbons (Fsp3) is 0.800. The molecule has 0 bridgehead atoms. The van der Waals surface area contributed by atoms with Gasteiger partial charge in [-0.1, -0.05) is 46.8 Å². The van der Waals surface area contributed by atoms with Crippen molar-refractivity contribution in [3.63, 3.8) is 0 Å². The van der Waals surface area contributed by atoms with Crippen molar-refractivity contribution < 1.29 is 0 Å². The predicted octanol–water partition coefficient (Wildman–Crippen LogP) is 3.49. The minimum Gasteiger partial charge on any atom is -0.0857 e. The fourth-order valence-corrected chi connectivity index (χ4v) is 0.620. The van der Waals surface area contributed by atoms with E-state index >= 15 is 0 Å². The summed E-state index contributed by atoms with van der Waals surface area (Å²) in [6, 6.07) is 0. The van der Waals surface area contributed by atoms with Gasteiger partial charge in [0.05, 0.1) is 0 Å². The van der Waals surface area contributed by atoms with Crippen molar-refractivity contribution in [2.75, 3.05) is 0 Å². The molecule has 0 saturated heterocycles. The Morgan fingerprint density at radius 1 is 0.800 bits per heavy atom. The molecule has 0 radical (unpaired) electrons. The zero-order valence-corrected chi connectivity index (χ0v) is 7.89. The molecule has 0 aromatic heterocycles. The van der Waals surface area contributed by atoms with Gasteiger partial charge >= 0.3 is 0 Å². The van der Waals surface area contributed by atoms with Gasteiger partial charge in [-0.05, 0) is 17.8 Å². The summed E-state index contributed by atoms with van der Waals surface area (Å²) >= 11 is 0. The van der Waals surface area contributed by atoms with Crippen LogP contribution < -0.4 is 0 Å². The summed E-state index contributed by atoms with van der Waals surface area (Å²) in [5, 5.41) is 0. The summed E-state index contributed by atoms with van der Waals surface area (Å²) in [4.78, 5) is 0. The van der Waals surface area contributed by atoms with Gasteiger partial charge in [0, 0.05) is 0 Å². The zero-order chi connectivity index (χ0) is 8.15. The molecule has 0 N–H and O–H groups in total. The lowest BCUT2D eigenvalue weighted by atomic mass is 9.96. The Balaban J connectivity index is 3.66. The summed E-state index contributed by atoms with van der Waals surface area (Å²) in [6.07, 6.45) is 4.60. The molecule has 0 heterocycles. The molecule has 0 heteroatoms. The van der Waals surface area contributed by atoms with Crippen LogP contribution in [0.25, 0.3) is 0 Å². The molecule has 0 aromatic carbocycles. The predicted molar refractivity (Wildman–Crippen MR) is 48.0 cm³/mol. The van der Waals surface area contributed by atoms with Gasteiger partial charge < -0.3 is 0 Å². The summed E-state index contributed by atoms with van der Waals surface area (Å²) in [5.41, 5.74) is 0. The Morgan fingerprint density at radius 2 is 1.30 bits per heavy atom. The van der Waals surface area contributed by atoms with Crippen LogP contribution in [0.3, 0.4) is 0 Å². The normalized spacial score (nSPS) is 15.5. The van der Waals surface area contributed by atoms with Crippen molar-refractivity contribution in [2.45, 2.75) is 34.6 Å². The topological polar surface area (TPSA) is 0 Å².